The Balaban J connectivity index is 2.33. The number of carbonyl (C=O) groups excluding carboxylic acids is 1. The molecule has 0 amide bonds. The molecule has 1 aromatic carbocycles. The summed E-state index contributed by atoms with van der Waals surface area (Å²) in [5.74, 6) is -0.441. The molecule has 0 saturated carbocycles. The first kappa shape index (κ1) is 13.6. The van der Waals surface area contributed by atoms with E-state index in [4.69, 9.17) is 0 Å². The van der Waals surface area contributed by atoms with Crippen molar-refractivity contribution in [3.8, 4) is 5.75 Å². The van der Waals surface area contributed by atoms with Crippen molar-refractivity contribution in [2.24, 2.45) is 0 Å². The molecule has 19 heavy (non-hydrogen) atoms. The van der Waals surface area contributed by atoms with Gasteiger partial charge in [0.15, 0.2) is 0 Å². The summed E-state index contributed by atoms with van der Waals surface area (Å²) in [6.45, 7) is -2.95. The van der Waals surface area contributed by atoms with Crippen molar-refractivity contribution in [1.82, 2.24) is 4.98 Å². The van der Waals surface area contributed by atoms with Crippen molar-refractivity contribution in [3.63, 3.8) is 0 Å². The molecular formula is C13H8BrF2NO2. The zero-order chi connectivity index (χ0) is 13.8. The normalized spacial score (nSPS) is 10.5. The molecule has 0 aliphatic carbocycles. The summed E-state index contributed by atoms with van der Waals surface area (Å²) in [6.07, 6.45) is 1.49. The summed E-state index contributed by atoms with van der Waals surface area (Å²) in [7, 11) is 0. The summed E-state index contributed by atoms with van der Waals surface area (Å²) in [4.78, 5) is 16.0. The Labute approximate surface area is 116 Å². The predicted octanol–water partition coefficient (Wildman–Crippen LogP) is 3.68. The van der Waals surface area contributed by atoms with Crippen LogP contribution in [0.2, 0.25) is 0 Å². The molecule has 0 aliphatic heterocycles. The van der Waals surface area contributed by atoms with Crippen LogP contribution in [0.3, 0.4) is 0 Å². The quantitative estimate of drug-likeness (QED) is 0.804. The first-order chi connectivity index (χ1) is 9.08. The number of ketones is 1. The zero-order valence-electron chi connectivity index (χ0n) is 9.52. The van der Waals surface area contributed by atoms with Gasteiger partial charge < -0.3 is 4.74 Å². The average molecular weight is 328 g/mol. The molecule has 2 aromatic rings. The molecule has 0 spiro atoms. The first-order valence-corrected chi connectivity index (χ1v) is 6.07. The second-order valence-corrected chi connectivity index (χ2v) is 4.42. The van der Waals surface area contributed by atoms with Crippen LogP contribution in [0.15, 0.2) is 47.1 Å². The molecule has 6 heteroatoms. The highest BCUT2D eigenvalue weighted by atomic mass is 79.9. The lowest BCUT2D eigenvalue weighted by molar-refractivity contribution is -0.0503. The van der Waals surface area contributed by atoms with Gasteiger partial charge in [0, 0.05) is 11.8 Å². The number of ether oxygens (including phenoxy) is 1. The number of rotatable bonds is 4. The SMILES string of the molecule is O=C(c1ccc(Br)c(OC(F)F)c1)c1ccccn1. The van der Waals surface area contributed by atoms with Gasteiger partial charge in [0.25, 0.3) is 0 Å². The van der Waals surface area contributed by atoms with E-state index in [-0.39, 0.29) is 22.8 Å². The minimum atomic E-state index is -2.95. The maximum absolute atomic E-state index is 12.2. The van der Waals surface area contributed by atoms with Gasteiger partial charge in [-0.3, -0.25) is 9.78 Å². The van der Waals surface area contributed by atoms with Gasteiger partial charge in [-0.2, -0.15) is 8.78 Å². The summed E-state index contributed by atoms with van der Waals surface area (Å²) in [5.41, 5.74) is 0.477. The van der Waals surface area contributed by atoms with Gasteiger partial charge in [0.2, 0.25) is 5.78 Å². The first-order valence-electron chi connectivity index (χ1n) is 5.28. The van der Waals surface area contributed by atoms with E-state index >= 15 is 0 Å². The Morgan fingerprint density at radius 3 is 2.68 bits per heavy atom. The highest BCUT2D eigenvalue weighted by Crippen LogP contribution is 2.28. The molecule has 2 rings (SSSR count). The smallest absolute Gasteiger partial charge is 0.387 e. The van der Waals surface area contributed by atoms with E-state index in [2.05, 4.69) is 25.7 Å². The maximum Gasteiger partial charge on any atom is 0.387 e. The Kier molecular flexibility index (Phi) is 4.21. The van der Waals surface area contributed by atoms with E-state index in [1.165, 1.54) is 24.4 Å². The van der Waals surface area contributed by atoms with E-state index in [0.717, 1.165) is 0 Å². The van der Waals surface area contributed by atoms with Crippen LogP contribution in [-0.2, 0) is 0 Å². The van der Waals surface area contributed by atoms with Gasteiger partial charge >= 0.3 is 6.61 Å². The largest absolute Gasteiger partial charge is 0.434 e. The van der Waals surface area contributed by atoms with Gasteiger partial charge in [-0.1, -0.05) is 6.07 Å². The van der Waals surface area contributed by atoms with Gasteiger partial charge in [-0.15, -0.1) is 0 Å². The molecule has 0 unspecified atom stereocenters. The molecule has 0 fully saturated rings. The number of hydrogen-bond acceptors (Lipinski definition) is 3. The molecule has 0 radical (unpaired) electrons. The van der Waals surface area contributed by atoms with Crippen LogP contribution < -0.4 is 4.74 Å². The Hall–Kier alpha value is -1.82. The second-order valence-electron chi connectivity index (χ2n) is 3.57. The minimum Gasteiger partial charge on any atom is -0.434 e. The Morgan fingerprint density at radius 1 is 1.26 bits per heavy atom. The Morgan fingerprint density at radius 2 is 2.05 bits per heavy atom. The van der Waals surface area contributed by atoms with Crippen LogP contribution in [-0.4, -0.2) is 17.4 Å². The number of halogens is 3. The summed E-state index contributed by atoms with van der Waals surface area (Å²) in [6, 6.07) is 9.16. The highest BCUT2D eigenvalue weighted by Gasteiger charge is 2.14. The van der Waals surface area contributed by atoms with Gasteiger partial charge in [-0.05, 0) is 46.3 Å². The van der Waals surface area contributed by atoms with Crippen LogP contribution in [0.1, 0.15) is 16.1 Å². The number of aromatic nitrogens is 1. The molecular weight excluding hydrogens is 320 g/mol. The topological polar surface area (TPSA) is 39.2 Å². The number of hydrogen-bond donors (Lipinski definition) is 0. The van der Waals surface area contributed by atoms with Crippen molar-refractivity contribution in [2.45, 2.75) is 6.61 Å². The summed E-state index contributed by atoms with van der Waals surface area (Å²) < 4.78 is 29.1. The molecule has 0 N–H and O–H groups in total. The molecule has 98 valence electrons. The lowest BCUT2D eigenvalue weighted by atomic mass is 10.1. The predicted molar refractivity (Wildman–Crippen MR) is 68.4 cm³/mol. The van der Waals surface area contributed by atoms with Gasteiger partial charge in [0.1, 0.15) is 11.4 Å². The lowest BCUT2D eigenvalue weighted by Gasteiger charge is -2.08. The van der Waals surface area contributed by atoms with Crippen molar-refractivity contribution in [3.05, 3.63) is 58.3 Å². The van der Waals surface area contributed by atoms with E-state index < -0.39 is 6.61 Å². The van der Waals surface area contributed by atoms with Gasteiger partial charge in [0.05, 0.1) is 4.47 Å². The monoisotopic (exact) mass is 327 g/mol. The third-order valence-electron chi connectivity index (χ3n) is 2.31. The Bertz CT molecular complexity index is 590. The van der Waals surface area contributed by atoms with E-state index in [9.17, 15) is 13.6 Å². The molecule has 0 aliphatic rings. The van der Waals surface area contributed by atoms with Crippen LogP contribution in [0, 0.1) is 0 Å². The van der Waals surface area contributed by atoms with Crippen molar-refractivity contribution in [2.75, 3.05) is 0 Å². The third kappa shape index (κ3) is 3.35. The maximum atomic E-state index is 12.2. The van der Waals surface area contributed by atoms with Crippen LogP contribution >= 0.6 is 15.9 Å². The van der Waals surface area contributed by atoms with Gasteiger partial charge in [-0.25, -0.2) is 0 Å². The van der Waals surface area contributed by atoms with Crippen molar-refractivity contribution in [1.29, 1.82) is 0 Å². The second kappa shape index (κ2) is 5.88. The number of nitrogens with zero attached hydrogens (tertiary/aromatic N) is 1. The molecule has 0 bridgehead atoms. The number of carbonyl (C=O) groups is 1. The number of alkyl halides is 2. The fourth-order valence-electron chi connectivity index (χ4n) is 1.48. The van der Waals surface area contributed by atoms with Crippen molar-refractivity contribution < 1.29 is 18.3 Å². The van der Waals surface area contributed by atoms with E-state index in [0.29, 0.717) is 4.47 Å². The zero-order valence-corrected chi connectivity index (χ0v) is 11.1. The molecule has 0 saturated heterocycles. The standard InChI is InChI=1S/C13H8BrF2NO2/c14-9-5-4-8(7-11(9)19-13(15)16)12(18)10-3-1-2-6-17-10/h1-7,13H. The third-order valence-corrected chi connectivity index (χ3v) is 2.96. The lowest BCUT2D eigenvalue weighted by Crippen LogP contribution is -2.06. The van der Waals surface area contributed by atoms with Crippen molar-refractivity contribution >= 4 is 21.7 Å². The van der Waals surface area contributed by atoms with Crippen LogP contribution in [0.5, 0.6) is 5.75 Å². The van der Waals surface area contributed by atoms with Crippen LogP contribution in [0.25, 0.3) is 0 Å². The summed E-state index contributed by atoms with van der Waals surface area (Å²) >= 11 is 3.08. The van der Waals surface area contributed by atoms with Crippen LogP contribution in [0.4, 0.5) is 8.78 Å². The average Bonchev–Trinajstić information content (AvgIpc) is 2.41. The van der Waals surface area contributed by atoms with E-state index in [1.807, 2.05) is 0 Å². The molecule has 1 heterocycles. The fourth-order valence-corrected chi connectivity index (χ4v) is 1.82. The number of pyridine rings is 1. The highest BCUT2D eigenvalue weighted by molar-refractivity contribution is 9.10. The number of benzene rings is 1. The molecule has 1 aromatic heterocycles. The summed E-state index contributed by atoms with van der Waals surface area (Å²) in [5, 5.41) is 0. The minimum absolute atomic E-state index is 0.0863. The molecule has 0 atom stereocenters. The van der Waals surface area contributed by atoms with E-state index in [1.54, 1.807) is 18.2 Å². The molecule has 3 nitrogen and oxygen atoms in total. The fraction of sp³-hybridized carbons (Fsp3) is 0.0769.